The maximum Gasteiger partial charge on any atom is 0.189 e. The Morgan fingerprint density at radius 1 is 0.875 bits per heavy atom. The molecule has 3 nitrogen and oxygen atoms in total. The number of ketones is 1. The van der Waals surface area contributed by atoms with Crippen LogP contribution in [0.1, 0.15) is 45.5 Å². The number of rotatable bonds is 2. The molecule has 4 aromatic carbocycles. The minimum absolute atomic E-state index is 0.0923. The minimum atomic E-state index is -0.174. The monoisotopic (exact) mass is 526 g/mol. The van der Waals surface area contributed by atoms with Gasteiger partial charge < -0.3 is 11.1 Å². The van der Waals surface area contributed by atoms with E-state index in [9.17, 15) is 9.18 Å². The highest BCUT2D eigenvalue weighted by molar-refractivity contribution is 6.25. The molecule has 0 radical (unpaired) electrons. The summed E-state index contributed by atoms with van der Waals surface area (Å²) in [7, 11) is 0. The van der Waals surface area contributed by atoms with E-state index in [1.54, 1.807) is 12.1 Å². The summed E-state index contributed by atoms with van der Waals surface area (Å²) in [6.45, 7) is 1.93. The van der Waals surface area contributed by atoms with Gasteiger partial charge in [0.25, 0.3) is 0 Å². The van der Waals surface area contributed by atoms with E-state index in [4.69, 9.17) is 5.73 Å². The van der Waals surface area contributed by atoms with Crippen molar-refractivity contribution in [2.45, 2.75) is 32.6 Å². The van der Waals surface area contributed by atoms with E-state index in [2.05, 4.69) is 35.7 Å². The normalized spacial score (nSPS) is 14.2. The number of fused-ring (bicyclic) bond motifs is 5. The number of Topliss-reactive ketones (excluding diaryl/α,β-unsaturated/α-hetero) is 1. The second kappa shape index (κ2) is 10.8. The molecule has 3 N–H and O–H groups in total. The van der Waals surface area contributed by atoms with Crippen LogP contribution in [-0.2, 0) is 12.8 Å². The molecule has 198 valence electrons. The predicted molar refractivity (Wildman–Crippen MR) is 162 cm³/mol. The SMILES string of the molecule is C1=CNc2ccccc2C=C1.Cc1cc(N)ccc1C(=O)C1=c2ccc3c(c2CCC1)CC=c1c(F)cccc1=3. The number of para-hydroxylation sites is 1. The highest BCUT2D eigenvalue weighted by Crippen LogP contribution is 2.25. The molecular weight excluding hydrogens is 495 g/mol. The molecule has 0 fully saturated rings. The van der Waals surface area contributed by atoms with Crippen molar-refractivity contribution >= 4 is 34.9 Å². The van der Waals surface area contributed by atoms with Gasteiger partial charge in [0.2, 0.25) is 0 Å². The van der Waals surface area contributed by atoms with Gasteiger partial charge in [-0.1, -0.05) is 60.7 Å². The maximum atomic E-state index is 14.2. The van der Waals surface area contributed by atoms with Crippen molar-refractivity contribution in [1.29, 1.82) is 0 Å². The highest BCUT2D eigenvalue weighted by Gasteiger charge is 2.22. The van der Waals surface area contributed by atoms with Crippen LogP contribution in [-0.4, -0.2) is 5.78 Å². The number of nitrogens with one attached hydrogen (secondary N) is 1. The number of halogens is 1. The molecule has 3 aliphatic rings. The van der Waals surface area contributed by atoms with Crippen LogP contribution in [0.15, 0.2) is 91.1 Å². The third kappa shape index (κ3) is 4.77. The lowest BCUT2D eigenvalue weighted by Gasteiger charge is -2.20. The second-order valence-corrected chi connectivity index (χ2v) is 10.4. The molecule has 0 amide bonds. The summed E-state index contributed by atoms with van der Waals surface area (Å²) in [6.07, 6.45) is 13.4. The number of carbonyl (C=O) groups excluding carboxylic acids is 1. The van der Waals surface area contributed by atoms with Gasteiger partial charge >= 0.3 is 0 Å². The number of hydrogen-bond acceptors (Lipinski definition) is 3. The molecule has 0 saturated carbocycles. The molecule has 1 heterocycles. The average molecular weight is 527 g/mol. The summed E-state index contributed by atoms with van der Waals surface area (Å²) >= 11 is 0. The first-order valence-electron chi connectivity index (χ1n) is 13.7. The van der Waals surface area contributed by atoms with Gasteiger partial charge in [-0.2, -0.15) is 0 Å². The van der Waals surface area contributed by atoms with Gasteiger partial charge in [-0.3, -0.25) is 4.79 Å². The van der Waals surface area contributed by atoms with Gasteiger partial charge in [-0.05, 0) is 107 Å². The van der Waals surface area contributed by atoms with Crippen LogP contribution in [0.3, 0.4) is 0 Å². The number of nitrogens with two attached hydrogens (primary N) is 1. The fraction of sp³-hybridized carbons (Fsp3) is 0.139. The molecular formula is C36H31FN2O. The van der Waals surface area contributed by atoms with Crippen LogP contribution < -0.4 is 21.5 Å². The molecule has 0 saturated heterocycles. The number of benzene rings is 4. The number of carbonyl (C=O) groups is 1. The van der Waals surface area contributed by atoms with Crippen molar-refractivity contribution in [1.82, 2.24) is 0 Å². The van der Waals surface area contributed by atoms with Gasteiger partial charge in [-0.25, -0.2) is 4.39 Å². The Labute approximate surface area is 233 Å². The minimum Gasteiger partial charge on any atom is -0.399 e. The maximum absolute atomic E-state index is 14.2. The van der Waals surface area contributed by atoms with E-state index in [1.165, 1.54) is 22.8 Å². The Hall–Kier alpha value is -4.70. The van der Waals surface area contributed by atoms with Crippen molar-refractivity contribution in [2.24, 2.45) is 0 Å². The lowest BCUT2D eigenvalue weighted by atomic mass is 9.83. The zero-order chi connectivity index (χ0) is 27.6. The molecule has 0 bridgehead atoms. The summed E-state index contributed by atoms with van der Waals surface area (Å²) in [5.41, 5.74) is 13.9. The fourth-order valence-electron chi connectivity index (χ4n) is 5.97. The second-order valence-electron chi connectivity index (χ2n) is 10.4. The number of aryl methyl sites for hydroxylation is 1. The fourth-order valence-corrected chi connectivity index (χ4v) is 5.97. The Bertz CT molecular complexity index is 1930. The molecule has 2 aliphatic carbocycles. The van der Waals surface area contributed by atoms with Crippen molar-refractivity contribution in [3.05, 3.63) is 146 Å². The Morgan fingerprint density at radius 3 is 2.60 bits per heavy atom. The van der Waals surface area contributed by atoms with Gasteiger partial charge in [-0.15, -0.1) is 0 Å². The zero-order valence-electron chi connectivity index (χ0n) is 22.5. The lowest BCUT2D eigenvalue weighted by molar-refractivity contribution is 0.105. The summed E-state index contributed by atoms with van der Waals surface area (Å²) in [5, 5.41) is 6.97. The molecule has 0 aromatic heterocycles. The van der Waals surface area contributed by atoms with Crippen molar-refractivity contribution in [2.75, 3.05) is 11.1 Å². The van der Waals surface area contributed by atoms with E-state index in [-0.39, 0.29) is 11.6 Å². The number of anilines is 2. The average Bonchev–Trinajstić information content (AvgIpc) is 3.22. The third-order valence-corrected chi connectivity index (χ3v) is 7.92. The number of hydrogen-bond donors (Lipinski definition) is 2. The van der Waals surface area contributed by atoms with Crippen LogP contribution >= 0.6 is 0 Å². The Morgan fingerprint density at radius 2 is 1.73 bits per heavy atom. The van der Waals surface area contributed by atoms with Gasteiger partial charge in [0, 0.05) is 33.9 Å². The standard InChI is InChI=1S/C26H22FNO.C10H9N/c1-15-14-16(28)8-9-17(15)26(29)24-6-2-4-18-20-12-13-23-19(5-3-7-25(23)27)21(20)10-11-22(18)24;1-2-7-10-9(5-1)6-3-4-8-11-10/h3,5,7-11,13-14H,2,4,6,12,28H2,1H3;1-8,11H. The van der Waals surface area contributed by atoms with E-state index >= 15 is 0 Å². The summed E-state index contributed by atoms with van der Waals surface area (Å²) in [6, 6.07) is 23.1. The van der Waals surface area contributed by atoms with Crippen molar-refractivity contribution < 1.29 is 9.18 Å². The molecule has 0 spiro atoms. The third-order valence-electron chi connectivity index (χ3n) is 7.92. The van der Waals surface area contributed by atoms with Crippen LogP contribution in [0, 0.1) is 23.2 Å². The zero-order valence-corrected chi connectivity index (χ0v) is 22.5. The Kier molecular flexibility index (Phi) is 6.91. The van der Waals surface area contributed by atoms with E-state index < -0.39 is 0 Å². The van der Waals surface area contributed by atoms with Gasteiger partial charge in [0.15, 0.2) is 5.78 Å². The Balaban J connectivity index is 0.000000219. The molecule has 4 aromatic rings. The lowest BCUT2D eigenvalue weighted by Crippen LogP contribution is -2.26. The molecule has 0 unspecified atom stereocenters. The van der Waals surface area contributed by atoms with Crippen molar-refractivity contribution in [3.8, 4) is 0 Å². The predicted octanol–water partition coefficient (Wildman–Crippen LogP) is 6.35. The molecule has 7 rings (SSSR count). The molecule has 1 aliphatic heterocycles. The van der Waals surface area contributed by atoms with Gasteiger partial charge in [0.1, 0.15) is 5.82 Å². The molecule has 4 heteroatoms. The largest absolute Gasteiger partial charge is 0.399 e. The van der Waals surface area contributed by atoms with E-state index in [0.29, 0.717) is 17.3 Å². The number of allylic oxidation sites excluding steroid dienone is 2. The van der Waals surface area contributed by atoms with E-state index in [0.717, 1.165) is 57.3 Å². The van der Waals surface area contributed by atoms with Crippen LogP contribution in [0.5, 0.6) is 0 Å². The first-order chi connectivity index (χ1) is 19.5. The smallest absolute Gasteiger partial charge is 0.189 e. The van der Waals surface area contributed by atoms with Crippen molar-refractivity contribution in [3.63, 3.8) is 0 Å². The van der Waals surface area contributed by atoms with E-state index in [1.807, 2.05) is 61.7 Å². The quantitative estimate of drug-likeness (QED) is 0.236. The van der Waals surface area contributed by atoms with Crippen LogP contribution in [0.2, 0.25) is 0 Å². The van der Waals surface area contributed by atoms with Gasteiger partial charge in [0.05, 0.1) is 0 Å². The highest BCUT2D eigenvalue weighted by atomic mass is 19.1. The number of nitrogen functional groups attached to an aromatic ring is 1. The molecule has 0 atom stereocenters. The topological polar surface area (TPSA) is 55.1 Å². The van der Waals surface area contributed by atoms with Crippen LogP contribution in [0.25, 0.3) is 17.7 Å². The first-order valence-corrected chi connectivity index (χ1v) is 13.7. The van der Waals surface area contributed by atoms with Crippen LogP contribution in [0.4, 0.5) is 15.8 Å². The summed E-state index contributed by atoms with van der Waals surface area (Å²) in [4.78, 5) is 13.4. The molecule has 40 heavy (non-hydrogen) atoms. The summed E-state index contributed by atoms with van der Waals surface area (Å²) < 4.78 is 14.2. The first kappa shape index (κ1) is 25.6. The summed E-state index contributed by atoms with van der Waals surface area (Å²) in [5.74, 6) is -0.0817.